The summed E-state index contributed by atoms with van der Waals surface area (Å²) in [4.78, 5) is 28.9. The molecule has 0 saturated carbocycles. The lowest BCUT2D eigenvalue weighted by molar-refractivity contribution is -0.118. The molecule has 0 radical (unpaired) electrons. The molecule has 0 spiro atoms. The van der Waals surface area contributed by atoms with Gasteiger partial charge in [0.15, 0.2) is 5.65 Å². The quantitative estimate of drug-likeness (QED) is 0.256. The number of H-pyrrole nitrogens is 1. The predicted octanol–water partition coefficient (Wildman–Crippen LogP) is 5.28. The Labute approximate surface area is 210 Å². The minimum absolute atomic E-state index is 0.0792. The third-order valence-corrected chi connectivity index (χ3v) is 6.96. The topological polar surface area (TPSA) is 108 Å². The molecule has 7 heteroatoms. The zero-order valence-corrected chi connectivity index (χ0v) is 20.6. The van der Waals surface area contributed by atoms with E-state index in [1.165, 1.54) is 11.1 Å². The molecule has 0 bridgehead atoms. The van der Waals surface area contributed by atoms with Crippen LogP contribution in [0.1, 0.15) is 59.7 Å². The molecule has 36 heavy (non-hydrogen) atoms. The molecular formula is C29H30N4O3. The molecule has 3 N–H and O–H groups in total. The summed E-state index contributed by atoms with van der Waals surface area (Å²) < 4.78 is 0. The number of ketones is 1. The SMILES string of the molecule is CCCCNC(=O)c1ccc(-c2[nH]nc3ncc(-c4cc5c(cc4C)CCC(=O)CC5)cc23)cc1O. The first-order valence-electron chi connectivity index (χ1n) is 12.5. The van der Waals surface area contributed by atoms with Gasteiger partial charge < -0.3 is 10.4 Å². The van der Waals surface area contributed by atoms with Crippen LogP contribution < -0.4 is 5.32 Å². The fourth-order valence-electron chi connectivity index (χ4n) is 4.88. The highest BCUT2D eigenvalue weighted by molar-refractivity contribution is 5.99. The van der Waals surface area contributed by atoms with Gasteiger partial charge in [-0.2, -0.15) is 5.10 Å². The number of carbonyl (C=O) groups excluding carboxylic acids is 2. The number of pyridine rings is 1. The van der Waals surface area contributed by atoms with E-state index in [1.807, 2.05) is 6.20 Å². The van der Waals surface area contributed by atoms with Gasteiger partial charge in [-0.15, -0.1) is 0 Å². The molecule has 2 heterocycles. The molecule has 0 unspecified atom stereocenters. The monoisotopic (exact) mass is 482 g/mol. The molecule has 2 aromatic carbocycles. The summed E-state index contributed by atoms with van der Waals surface area (Å²) >= 11 is 0. The number of phenolic OH excluding ortho intramolecular Hbond substituents is 1. The van der Waals surface area contributed by atoms with Crippen molar-refractivity contribution >= 4 is 22.7 Å². The summed E-state index contributed by atoms with van der Waals surface area (Å²) in [5.41, 5.74) is 7.96. The summed E-state index contributed by atoms with van der Waals surface area (Å²) in [5, 5.41) is 21.6. The van der Waals surface area contributed by atoms with E-state index in [0.717, 1.165) is 59.0 Å². The van der Waals surface area contributed by atoms with Gasteiger partial charge in [-0.05, 0) is 66.6 Å². The molecule has 0 fully saturated rings. The van der Waals surface area contributed by atoms with Gasteiger partial charge >= 0.3 is 0 Å². The van der Waals surface area contributed by atoms with Crippen LogP contribution in [-0.4, -0.2) is 38.5 Å². The largest absolute Gasteiger partial charge is 0.507 e. The molecule has 0 saturated heterocycles. The van der Waals surface area contributed by atoms with Crippen LogP contribution in [0.4, 0.5) is 0 Å². The number of hydrogen-bond acceptors (Lipinski definition) is 5. The van der Waals surface area contributed by atoms with E-state index in [2.05, 4.69) is 52.5 Å². The first-order chi connectivity index (χ1) is 17.4. The zero-order valence-electron chi connectivity index (χ0n) is 20.6. The lowest BCUT2D eigenvalue weighted by Gasteiger charge is -2.13. The summed E-state index contributed by atoms with van der Waals surface area (Å²) in [6, 6.07) is 11.5. The number of amides is 1. The Hall–Kier alpha value is -4.00. The Bertz CT molecular complexity index is 1470. The van der Waals surface area contributed by atoms with Gasteiger partial charge in [-0.25, -0.2) is 4.98 Å². The van der Waals surface area contributed by atoms with Gasteiger partial charge in [0.1, 0.15) is 11.5 Å². The molecule has 0 atom stereocenters. The second-order valence-corrected chi connectivity index (χ2v) is 9.51. The standard InChI is InChI=1S/C29H30N4O3/c1-3-4-11-30-29(36)23-10-7-20(15-26(23)35)27-25-14-21(16-31-28(25)33-32-27)24-13-19-6-9-22(34)8-5-18(19)12-17(24)2/h7,10,12-16,35H,3-6,8-9,11H2,1-2H3,(H,30,36)(H,31,32,33). The van der Waals surface area contributed by atoms with E-state index in [0.29, 0.717) is 30.8 Å². The molecule has 1 aliphatic carbocycles. The number of unbranched alkanes of at least 4 members (excludes halogenated alkanes) is 1. The third kappa shape index (κ3) is 4.61. The van der Waals surface area contributed by atoms with Gasteiger partial charge in [0, 0.05) is 42.1 Å². The number of aromatic nitrogens is 3. The van der Waals surface area contributed by atoms with Crippen LogP contribution in [-0.2, 0) is 17.6 Å². The second-order valence-electron chi connectivity index (χ2n) is 9.51. The molecule has 1 aliphatic rings. The van der Waals surface area contributed by atoms with E-state index in [4.69, 9.17) is 0 Å². The van der Waals surface area contributed by atoms with Crippen molar-refractivity contribution in [3.63, 3.8) is 0 Å². The Morgan fingerprint density at radius 1 is 1.06 bits per heavy atom. The average Bonchev–Trinajstić information content (AvgIpc) is 3.21. The van der Waals surface area contributed by atoms with Crippen LogP contribution in [0.3, 0.4) is 0 Å². The van der Waals surface area contributed by atoms with Crippen LogP contribution in [0.2, 0.25) is 0 Å². The van der Waals surface area contributed by atoms with Gasteiger partial charge in [-0.3, -0.25) is 14.7 Å². The Morgan fingerprint density at radius 2 is 1.83 bits per heavy atom. The molecule has 1 amide bonds. The number of carbonyl (C=O) groups is 2. The molecule has 7 nitrogen and oxygen atoms in total. The molecule has 0 aliphatic heterocycles. The maximum Gasteiger partial charge on any atom is 0.255 e. The van der Waals surface area contributed by atoms with Gasteiger partial charge in [0.25, 0.3) is 5.91 Å². The van der Waals surface area contributed by atoms with Crippen molar-refractivity contribution in [2.45, 2.75) is 52.4 Å². The van der Waals surface area contributed by atoms with E-state index < -0.39 is 0 Å². The minimum Gasteiger partial charge on any atom is -0.507 e. The van der Waals surface area contributed by atoms with Crippen LogP contribution in [0, 0.1) is 6.92 Å². The highest BCUT2D eigenvalue weighted by atomic mass is 16.3. The van der Waals surface area contributed by atoms with Crippen molar-refractivity contribution < 1.29 is 14.7 Å². The van der Waals surface area contributed by atoms with E-state index in [1.54, 1.807) is 18.2 Å². The van der Waals surface area contributed by atoms with Gasteiger partial charge in [0.2, 0.25) is 0 Å². The van der Waals surface area contributed by atoms with Crippen molar-refractivity contribution in [2.24, 2.45) is 0 Å². The maximum atomic E-state index is 12.4. The Morgan fingerprint density at radius 3 is 2.58 bits per heavy atom. The van der Waals surface area contributed by atoms with Gasteiger partial charge in [-0.1, -0.05) is 31.5 Å². The first kappa shape index (κ1) is 23.7. The number of phenols is 1. The summed E-state index contributed by atoms with van der Waals surface area (Å²) in [7, 11) is 0. The van der Waals surface area contributed by atoms with E-state index in [9.17, 15) is 14.7 Å². The molecule has 2 aromatic heterocycles. The number of nitrogens with zero attached hydrogens (tertiary/aromatic N) is 2. The number of fused-ring (bicyclic) bond motifs is 2. The zero-order chi connectivity index (χ0) is 25.2. The molecule has 4 aromatic rings. The number of Topliss-reactive ketones (excluding diaryl/α,β-unsaturated/α-hetero) is 1. The fourth-order valence-corrected chi connectivity index (χ4v) is 4.88. The minimum atomic E-state index is -0.286. The molecule has 184 valence electrons. The van der Waals surface area contributed by atoms with E-state index >= 15 is 0 Å². The van der Waals surface area contributed by atoms with Crippen LogP contribution in [0.15, 0.2) is 42.6 Å². The number of benzene rings is 2. The number of aromatic amines is 1. The van der Waals surface area contributed by atoms with Crippen LogP contribution in [0.5, 0.6) is 5.75 Å². The van der Waals surface area contributed by atoms with Crippen molar-refractivity contribution in [3.05, 3.63) is 64.8 Å². The van der Waals surface area contributed by atoms with Crippen molar-refractivity contribution in [2.75, 3.05) is 6.54 Å². The molecular weight excluding hydrogens is 452 g/mol. The predicted molar refractivity (Wildman–Crippen MR) is 140 cm³/mol. The second kappa shape index (κ2) is 9.93. The number of nitrogens with one attached hydrogen (secondary N) is 2. The van der Waals surface area contributed by atoms with Gasteiger partial charge in [0.05, 0.1) is 11.3 Å². The lowest BCUT2D eigenvalue weighted by atomic mass is 9.92. The van der Waals surface area contributed by atoms with Crippen molar-refractivity contribution in [3.8, 4) is 28.1 Å². The van der Waals surface area contributed by atoms with Crippen molar-refractivity contribution in [1.29, 1.82) is 0 Å². The number of hydrogen-bond donors (Lipinski definition) is 3. The highest BCUT2D eigenvalue weighted by Gasteiger charge is 2.18. The smallest absolute Gasteiger partial charge is 0.255 e. The summed E-state index contributed by atoms with van der Waals surface area (Å²) in [6.45, 7) is 4.73. The van der Waals surface area contributed by atoms with Crippen molar-refractivity contribution in [1.82, 2.24) is 20.5 Å². The maximum absolute atomic E-state index is 12.4. The highest BCUT2D eigenvalue weighted by Crippen LogP contribution is 2.34. The van der Waals surface area contributed by atoms with E-state index in [-0.39, 0.29) is 17.2 Å². The third-order valence-electron chi connectivity index (χ3n) is 6.96. The first-order valence-corrected chi connectivity index (χ1v) is 12.5. The Balaban J connectivity index is 1.49. The van der Waals surface area contributed by atoms with Crippen LogP contribution >= 0.6 is 0 Å². The fraction of sp³-hybridized carbons (Fsp3) is 0.310. The number of rotatable bonds is 6. The lowest BCUT2D eigenvalue weighted by Crippen LogP contribution is -2.24. The molecule has 5 rings (SSSR count). The summed E-state index contributed by atoms with van der Waals surface area (Å²) in [5.74, 6) is -0.0416. The number of aryl methyl sites for hydroxylation is 3. The summed E-state index contributed by atoms with van der Waals surface area (Å²) in [6.07, 6.45) is 6.48. The Kier molecular flexibility index (Phi) is 6.55. The number of aromatic hydroxyl groups is 1. The normalized spacial score (nSPS) is 13.4. The van der Waals surface area contributed by atoms with Crippen LogP contribution in [0.25, 0.3) is 33.4 Å². The average molecular weight is 483 g/mol.